The van der Waals surface area contributed by atoms with Gasteiger partial charge in [-0.05, 0) is 29.8 Å². The van der Waals surface area contributed by atoms with Crippen LogP contribution in [0.2, 0.25) is 0 Å². The van der Waals surface area contributed by atoms with E-state index in [9.17, 15) is 4.39 Å². The van der Waals surface area contributed by atoms with Crippen LogP contribution in [-0.4, -0.2) is 14.8 Å². The van der Waals surface area contributed by atoms with Gasteiger partial charge in [-0.25, -0.2) is 9.07 Å². The van der Waals surface area contributed by atoms with Gasteiger partial charge in [-0.3, -0.25) is 0 Å². The first-order chi connectivity index (χ1) is 11.2. The van der Waals surface area contributed by atoms with Crippen LogP contribution in [0.15, 0.2) is 65.4 Å². The first kappa shape index (κ1) is 14.1. The normalized spacial score (nSPS) is 16.4. The van der Waals surface area contributed by atoms with Gasteiger partial charge in [0.05, 0.1) is 0 Å². The highest BCUT2D eigenvalue weighted by Crippen LogP contribution is 2.33. The Morgan fingerprint density at radius 2 is 2.00 bits per heavy atom. The number of allylic oxidation sites excluding steroid dienone is 1. The third kappa shape index (κ3) is 2.55. The summed E-state index contributed by atoms with van der Waals surface area (Å²) < 4.78 is 16.9. The van der Waals surface area contributed by atoms with Crippen molar-refractivity contribution in [1.29, 1.82) is 0 Å². The van der Waals surface area contributed by atoms with Crippen molar-refractivity contribution in [1.82, 2.24) is 14.8 Å². The summed E-state index contributed by atoms with van der Waals surface area (Å²) in [5, 5.41) is 7.47. The Hall–Kier alpha value is -2.47. The van der Waals surface area contributed by atoms with Crippen molar-refractivity contribution in [2.24, 2.45) is 0 Å². The lowest BCUT2D eigenvalue weighted by Gasteiger charge is -2.24. The fourth-order valence-corrected chi connectivity index (χ4v) is 3.09. The number of hydrogen-bond donors (Lipinski definition) is 1. The van der Waals surface area contributed by atoms with Crippen molar-refractivity contribution in [3.05, 3.63) is 82.4 Å². The zero-order valence-electron chi connectivity index (χ0n) is 11.9. The number of anilines is 1. The molecule has 1 atom stereocenters. The highest BCUT2D eigenvalue weighted by Gasteiger charge is 2.25. The summed E-state index contributed by atoms with van der Waals surface area (Å²) in [7, 11) is 0. The molecular formula is C17H12BrFN4. The molecule has 6 heteroatoms. The van der Waals surface area contributed by atoms with E-state index in [-0.39, 0.29) is 11.9 Å². The van der Waals surface area contributed by atoms with Gasteiger partial charge in [0, 0.05) is 15.7 Å². The highest BCUT2D eigenvalue weighted by molar-refractivity contribution is 9.10. The van der Waals surface area contributed by atoms with E-state index >= 15 is 0 Å². The Labute approximate surface area is 140 Å². The Bertz CT molecular complexity index is 903. The minimum atomic E-state index is -0.344. The molecule has 4 rings (SSSR count). The van der Waals surface area contributed by atoms with E-state index in [0.717, 1.165) is 15.7 Å². The summed E-state index contributed by atoms with van der Waals surface area (Å²) in [5.74, 6) is 0.335. The molecule has 0 spiro atoms. The van der Waals surface area contributed by atoms with E-state index in [1.54, 1.807) is 16.8 Å². The first-order valence-corrected chi connectivity index (χ1v) is 7.90. The fourth-order valence-electron chi connectivity index (χ4n) is 2.69. The number of nitrogens with one attached hydrogen (secondary N) is 1. The molecule has 4 nitrogen and oxygen atoms in total. The molecule has 1 N–H and O–H groups in total. The SMILES string of the molecule is Fc1ccccc1[C@@H]1C=C(c2cccc(Br)c2)Nc2ncnn21. The maximum absolute atomic E-state index is 14.2. The van der Waals surface area contributed by atoms with Gasteiger partial charge in [0.2, 0.25) is 5.95 Å². The molecule has 0 saturated carbocycles. The summed E-state index contributed by atoms with van der Waals surface area (Å²) in [6.45, 7) is 0. The van der Waals surface area contributed by atoms with Crippen molar-refractivity contribution < 1.29 is 4.39 Å². The molecule has 0 fully saturated rings. The third-order valence-corrected chi connectivity index (χ3v) is 4.26. The van der Waals surface area contributed by atoms with E-state index in [1.807, 2.05) is 36.4 Å². The Morgan fingerprint density at radius 3 is 2.83 bits per heavy atom. The molecule has 23 heavy (non-hydrogen) atoms. The van der Waals surface area contributed by atoms with Crippen molar-refractivity contribution in [3.63, 3.8) is 0 Å². The van der Waals surface area contributed by atoms with Crippen LogP contribution in [0.1, 0.15) is 17.2 Å². The third-order valence-electron chi connectivity index (χ3n) is 3.77. The molecule has 0 radical (unpaired) electrons. The maximum atomic E-state index is 14.2. The molecule has 0 saturated heterocycles. The smallest absolute Gasteiger partial charge is 0.226 e. The summed E-state index contributed by atoms with van der Waals surface area (Å²) in [6, 6.07) is 14.3. The Morgan fingerprint density at radius 1 is 1.13 bits per heavy atom. The minimum Gasteiger partial charge on any atom is -0.324 e. The van der Waals surface area contributed by atoms with E-state index < -0.39 is 0 Å². The zero-order chi connectivity index (χ0) is 15.8. The molecule has 0 aliphatic carbocycles. The van der Waals surface area contributed by atoms with Gasteiger partial charge in [0.15, 0.2) is 0 Å². The summed E-state index contributed by atoms with van der Waals surface area (Å²) in [4.78, 5) is 4.23. The van der Waals surface area contributed by atoms with Crippen LogP contribution in [0, 0.1) is 5.82 Å². The van der Waals surface area contributed by atoms with Gasteiger partial charge in [0.1, 0.15) is 18.2 Å². The standard InChI is InChI=1S/C17H12BrFN4/c18-12-5-3-4-11(8-12)15-9-16(13-6-1-2-7-14(13)19)23-17(22-15)20-10-21-23/h1-10,16H,(H,20,21,22)/t16-/m0/s1. The minimum absolute atomic E-state index is 0.259. The molecule has 0 unspecified atom stereocenters. The van der Waals surface area contributed by atoms with Gasteiger partial charge >= 0.3 is 0 Å². The van der Waals surface area contributed by atoms with E-state index in [2.05, 4.69) is 31.3 Å². The first-order valence-electron chi connectivity index (χ1n) is 7.11. The predicted molar refractivity (Wildman–Crippen MR) is 90.3 cm³/mol. The summed E-state index contributed by atoms with van der Waals surface area (Å²) in [6.07, 6.45) is 3.43. The second kappa shape index (κ2) is 5.62. The Balaban J connectivity index is 1.85. The lowest BCUT2D eigenvalue weighted by Crippen LogP contribution is -2.21. The van der Waals surface area contributed by atoms with E-state index in [4.69, 9.17) is 0 Å². The number of fused-ring (bicyclic) bond motifs is 1. The second-order valence-corrected chi connectivity index (χ2v) is 6.13. The van der Waals surface area contributed by atoms with Gasteiger partial charge in [-0.2, -0.15) is 10.1 Å². The molecule has 1 aliphatic rings. The lowest BCUT2D eigenvalue weighted by atomic mass is 10.0. The van der Waals surface area contributed by atoms with Crippen LogP contribution >= 0.6 is 15.9 Å². The second-order valence-electron chi connectivity index (χ2n) is 5.21. The van der Waals surface area contributed by atoms with Crippen molar-refractivity contribution in [3.8, 4) is 0 Å². The molecule has 2 heterocycles. The monoisotopic (exact) mass is 370 g/mol. The average molecular weight is 371 g/mol. The van der Waals surface area contributed by atoms with Crippen LogP contribution in [0.4, 0.5) is 10.3 Å². The topological polar surface area (TPSA) is 42.7 Å². The molecule has 2 aromatic carbocycles. The number of hydrogen-bond acceptors (Lipinski definition) is 3. The molecule has 3 aromatic rings. The Kier molecular flexibility index (Phi) is 3.46. The molecule has 0 bridgehead atoms. The number of nitrogens with zero attached hydrogens (tertiary/aromatic N) is 3. The highest BCUT2D eigenvalue weighted by atomic mass is 79.9. The molecule has 1 aromatic heterocycles. The van der Waals surface area contributed by atoms with Crippen LogP contribution in [-0.2, 0) is 0 Å². The van der Waals surface area contributed by atoms with Crippen molar-refractivity contribution in [2.75, 3.05) is 5.32 Å². The van der Waals surface area contributed by atoms with Crippen LogP contribution < -0.4 is 5.32 Å². The van der Waals surface area contributed by atoms with Gasteiger partial charge < -0.3 is 5.32 Å². The summed E-state index contributed by atoms with van der Waals surface area (Å²) >= 11 is 3.48. The molecule has 0 amide bonds. The predicted octanol–water partition coefficient (Wildman–Crippen LogP) is 4.24. The van der Waals surface area contributed by atoms with Gasteiger partial charge in [-0.15, -0.1) is 0 Å². The maximum Gasteiger partial charge on any atom is 0.226 e. The van der Waals surface area contributed by atoms with Crippen LogP contribution in [0.3, 0.4) is 0 Å². The van der Waals surface area contributed by atoms with E-state index in [1.165, 1.54) is 12.4 Å². The van der Waals surface area contributed by atoms with Crippen molar-refractivity contribution in [2.45, 2.75) is 6.04 Å². The van der Waals surface area contributed by atoms with Crippen LogP contribution in [0.25, 0.3) is 5.70 Å². The quantitative estimate of drug-likeness (QED) is 0.733. The largest absolute Gasteiger partial charge is 0.324 e. The average Bonchev–Trinajstić information content (AvgIpc) is 3.03. The summed E-state index contributed by atoms with van der Waals surface area (Å²) in [5.41, 5.74) is 2.43. The fraction of sp³-hybridized carbons (Fsp3) is 0.0588. The number of rotatable bonds is 2. The molecule has 1 aliphatic heterocycles. The number of aromatic nitrogens is 3. The van der Waals surface area contributed by atoms with Gasteiger partial charge in [-0.1, -0.05) is 46.3 Å². The van der Waals surface area contributed by atoms with Crippen molar-refractivity contribution >= 4 is 27.6 Å². The number of benzene rings is 2. The lowest BCUT2D eigenvalue weighted by molar-refractivity contribution is 0.551. The van der Waals surface area contributed by atoms with Gasteiger partial charge in [0.25, 0.3) is 0 Å². The molecule has 114 valence electrons. The van der Waals surface area contributed by atoms with Crippen LogP contribution in [0.5, 0.6) is 0 Å². The van der Waals surface area contributed by atoms with E-state index in [0.29, 0.717) is 11.5 Å². The molecular weight excluding hydrogens is 359 g/mol. The zero-order valence-corrected chi connectivity index (χ0v) is 13.5. The number of halogens is 2.